The van der Waals surface area contributed by atoms with E-state index in [1.165, 1.54) is 31.5 Å². The van der Waals surface area contributed by atoms with Crippen LogP contribution < -0.4 is 15.4 Å². The minimum absolute atomic E-state index is 0.157. The molecule has 1 fully saturated rings. The molecule has 1 aliphatic rings. The lowest BCUT2D eigenvalue weighted by Gasteiger charge is -2.31. The number of anilines is 1. The Morgan fingerprint density at radius 2 is 1.83 bits per heavy atom. The van der Waals surface area contributed by atoms with Crippen molar-refractivity contribution in [1.29, 1.82) is 0 Å². The van der Waals surface area contributed by atoms with Gasteiger partial charge in [0.05, 0.1) is 5.52 Å². The van der Waals surface area contributed by atoms with Crippen molar-refractivity contribution in [2.24, 2.45) is 0 Å². The van der Waals surface area contributed by atoms with Gasteiger partial charge in [-0.15, -0.1) is 0 Å². The maximum absolute atomic E-state index is 12.4. The first-order valence-corrected chi connectivity index (χ1v) is 15.3. The molecule has 0 aliphatic carbocycles. The van der Waals surface area contributed by atoms with Crippen molar-refractivity contribution in [3.05, 3.63) is 90.3 Å². The molecular weight excluding hydrogens is 522 g/mol. The van der Waals surface area contributed by atoms with Gasteiger partial charge in [-0.25, -0.2) is 9.78 Å². The van der Waals surface area contributed by atoms with E-state index in [1.807, 2.05) is 24.3 Å². The average molecular weight is 566 g/mol. The van der Waals surface area contributed by atoms with Crippen molar-refractivity contribution in [3.8, 4) is 11.5 Å². The molecule has 7 heteroatoms. The number of aryl methyl sites for hydroxylation is 1. The number of aromatic nitrogens is 2. The number of carbonyl (C=O) groups excluding carboxylic acids is 1. The molecule has 3 heterocycles. The molecule has 42 heavy (non-hydrogen) atoms. The fourth-order valence-corrected chi connectivity index (χ4v) is 5.79. The molecule has 1 aliphatic heterocycles. The van der Waals surface area contributed by atoms with E-state index >= 15 is 0 Å². The summed E-state index contributed by atoms with van der Waals surface area (Å²) in [5.41, 5.74) is 5.20. The van der Waals surface area contributed by atoms with Crippen LogP contribution in [0.15, 0.2) is 73.6 Å². The third kappa shape index (κ3) is 6.85. The van der Waals surface area contributed by atoms with E-state index in [9.17, 15) is 4.79 Å². The molecule has 2 N–H and O–H groups in total. The number of rotatable bonds is 11. The van der Waals surface area contributed by atoms with Gasteiger partial charge < -0.3 is 20.3 Å². The number of hydrogen-bond donors (Lipinski definition) is 2. The van der Waals surface area contributed by atoms with Crippen LogP contribution in [0.3, 0.4) is 0 Å². The van der Waals surface area contributed by atoms with Crippen molar-refractivity contribution < 1.29 is 9.53 Å². The molecule has 1 saturated heterocycles. The zero-order chi connectivity index (χ0) is 29.5. The molecule has 0 radical (unpaired) electrons. The standard InChI is InChI=1S/C35H43N5O2/c1-5-7-8-9-30-22-32-29(17-21-40(32)35(41)36-4)23-33(30)42-31-14-18-37-34(24-31)38-25(3)26-10-12-27(13-11-26)28-15-19-39(6-2)20-16-28/h10-14,17-18,21-24,28H,3,5-9,15-16,19-20H2,1-2,4H3,(H,36,41)(H,37,38). The Labute approximate surface area is 249 Å². The first-order chi connectivity index (χ1) is 20.5. The summed E-state index contributed by atoms with van der Waals surface area (Å²) < 4.78 is 8.09. The van der Waals surface area contributed by atoms with E-state index in [-0.39, 0.29) is 6.03 Å². The van der Waals surface area contributed by atoms with Gasteiger partial charge in [-0.1, -0.05) is 57.5 Å². The van der Waals surface area contributed by atoms with Crippen LogP contribution in [0.5, 0.6) is 11.5 Å². The Balaban J connectivity index is 1.29. The van der Waals surface area contributed by atoms with Gasteiger partial charge >= 0.3 is 6.03 Å². The number of nitrogens with zero attached hydrogens (tertiary/aromatic N) is 3. The molecule has 0 saturated carbocycles. The number of benzene rings is 2. The van der Waals surface area contributed by atoms with Crippen LogP contribution >= 0.6 is 0 Å². The molecule has 0 unspecified atom stereocenters. The second-order valence-corrected chi connectivity index (χ2v) is 11.1. The van der Waals surface area contributed by atoms with E-state index in [0.717, 1.165) is 65.7 Å². The van der Waals surface area contributed by atoms with Gasteiger partial charge in [-0.05, 0) is 92.2 Å². The third-order valence-corrected chi connectivity index (χ3v) is 8.36. The number of unbranched alkanes of at least 4 members (excludes halogenated alkanes) is 2. The predicted octanol–water partition coefficient (Wildman–Crippen LogP) is 8.03. The smallest absolute Gasteiger partial charge is 0.325 e. The lowest BCUT2D eigenvalue weighted by Crippen LogP contribution is -2.32. The van der Waals surface area contributed by atoms with E-state index in [4.69, 9.17) is 4.74 Å². The molecule has 7 nitrogen and oxygen atoms in total. The van der Waals surface area contributed by atoms with Crippen LogP contribution in [0, 0.1) is 0 Å². The lowest BCUT2D eigenvalue weighted by atomic mass is 9.89. The molecule has 2 aromatic heterocycles. The van der Waals surface area contributed by atoms with Gasteiger partial charge in [0.15, 0.2) is 0 Å². The second-order valence-electron chi connectivity index (χ2n) is 11.1. The Morgan fingerprint density at radius 1 is 1.05 bits per heavy atom. The number of amides is 1. The maximum atomic E-state index is 12.4. The average Bonchev–Trinajstić information content (AvgIpc) is 3.43. The van der Waals surface area contributed by atoms with Crippen LogP contribution in [0.1, 0.15) is 68.6 Å². The number of carbonyl (C=O) groups is 1. The first-order valence-electron chi connectivity index (χ1n) is 15.3. The molecule has 2 aromatic carbocycles. The van der Waals surface area contributed by atoms with Crippen LogP contribution in [0.4, 0.5) is 10.6 Å². The molecule has 220 valence electrons. The number of ether oxygens (including phenoxy) is 1. The first kappa shape index (κ1) is 29.4. The summed E-state index contributed by atoms with van der Waals surface area (Å²) in [6.45, 7) is 12.2. The molecule has 0 spiro atoms. The third-order valence-electron chi connectivity index (χ3n) is 8.36. The van der Waals surface area contributed by atoms with Gasteiger partial charge in [0.1, 0.15) is 17.3 Å². The molecule has 4 aromatic rings. The van der Waals surface area contributed by atoms with Gasteiger partial charge in [0, 0.05) is 36.6 Å². The van der Waals surface area contributed by atoms with Crippen LogP contribution in [-0.2, 0) is 6.42 Å². The van der Waals surface area contributed by atoms with Crippen molar-refractivity contribution in [2.75, 3.05) is 32.0 Å². The summed E-state index contributed by atoms with van der Waals surface area (Å²) in [6.07, 6.45) is 10.2. The van der Waals surface area contributed by atoms with E-state index in [1.54, 1.807) is 24.0 Å². The molecule has 1 amide bonds. The molecule has 5 rings (SSSR count). The van der Waals surface area contributed by atoms with Crippen LogP contribution in [0.25, 0.3) is 16.6 Å². The highest BCUT2D eigenvalue weighted by atomic mass is 16.5. The Kier molecular flexibility index (Phi) is 9.59. The second kappa shape index (κ2) is 13.7. The highest BCUT2D eigenvalue weighted by Gasteiger charge is 2.19. The Bertz CT molecular complexity index is 1520. The van der Waals surface area contributed by atoms with Crippen LogP contribution in [0.2, 0.25) is 0 Å². The summed E-state index contributed by atoms with van der Waals surface area (Å²) in [6, 6.07) is 18.4. The van der Waals surface area contributed by atoms with E-state index in [2.05, 4.69) is 71.3 Å². The number of fused-ring (bicyclic) bond motifs is 1. The number of piperidine rings is 1. The highest BCUT2D eigenvalue weighted by molar-refractivity contribution is 5.92. The summed E-state index contributed by atoms with van der Waals surface area (Å²) in [5, 5.41) is 7.03. The fourth-order valence-electron chi connectivity index (χ4n) is 5.79. The highest BCUT2D eigenvalue weighted by Crippen LogP contribution is 2.33. The number of hydrogen-bond acceptors (Lipinski definition) is 5. The van der Waals surface area contributed by atoms with Gasteiger partial charge in [0.25, 0.3) is 0 Å². The van der Waals surface area contributed by atoms with Crippen molar-refractivity contribution in [1.82, 2.24) is 19.8 Å². The minimum atomic E-state index is -0.157. The van der Waals surface area contributed by atoms with Crippen LogP contribution in [-0.4, -0.2) is 47.2 Å². The minimum Gasteiger partial charge on any atom is -0.457 e. The summed E-state index contributed by atoms with van der Waals surface area (Å²) in [5.74, 6) is 2.79. The quantitative estimate of drug-likeness (QED) is 0.180. The Hall–Kier alpha value is -4.10. The zero-order valence-corrected chi connectivity index (χ0v) is 25.2. The van der Waals surface area contributed by atoms with Crippen molar-refractivity contribution >= 4 is 28.4 Å². The predicted molar refractivity (Wildman–Crippen MR) is 173 cm³/mol. The van der Waals surface area contributed by atoms with Crippen molar-refractivity contribution in [2.45, 2.75) is 58.3 Å². The molecule has 0 bridgehead atoms. The summed E-state index contributed by atoms with van der Waals surface area (Å²) in [4.78, 5) is 19.4. The number of pyridine rings is 1. The molecular formula is C35H43N5O2. The zero-order valence-electron chi connectivity index (χ0n) is 25.2. The number of nitrogens with one attached hydrogen (secondary N) is 2. The maximum Gasteiger partial charge on any atom is 0.325 e. The monoisotopic (exact) mass is 565 g/mol. The van der Waals surface area contributed by atoms with Gasteiger partial charge in [-0.3, -0.25) is 4.57 Å². The Morgan fingerprint density at radius 3 is 2.55 bits per heavy atom. The lowest BCUT2D eigenvalue weighted by molar-refractivity contribution is 0.222. The molecule has 0 atom stereocenters. The SMILES string of the molecule is C=C(Nc1cc(Oc2cc3ccn(C(=O)NC)c3cc2CCCCC)ccn1)c1ccc(C2CCN(CC)CC2)cc1. The topological polar surface area (TPSA) is 71.4 Å². The number of likely N-dealkylation sites (tertiary alicyclic amines) is 1. The van der Waals surface area contributed by atoms with Gasteiger partial charge in [0.2, 0.25) is 0 Å². The van der Waals surface area contributed by atoms with Crippen molar-refractivity contribution in [3.63, 3.8) is 0 Å². The summed E-state index contributed by atoms with van der Waals surface area (Å²) in [7, 11) is 1.64. The largest absolute Gasteiger partial charge is 0.457 e. The van der Waals surface area contributed by atoms with Gasteiger partial charge in [-0.2, -0.15) is 0 Å². The summed E-state index contributed by atoms with van der Waals surface area (Å²) >= 11 is 0. The fraction of sp³-hybridized carbons (Fsp3) is 0.371. The normalized spacial score (nSPS) is 14.2. The van der Waals surface area contributed by atoms with E-state index in [0.29, 0.717) is 17.5 Å². The van der Waals surface area contributed by atoms with E-state index < -0.39 is 0 Å².